The van der Waals surface area contributed by atoms with Gasteiger partial charge in [-0.25, -0.2) is 4.79 Å². The monoisotopic (exact) mass is 258 g/mol. The standard InChI is InChI=1S/C12H22N2O4/c1-3-9(7-11(15)16)13-12(17)14(2)8-10-5-4-6-18-10/h9-10H,3-8H2,1-2H3,(H,13,17)(H,15,16). The van der Waals surface area contributed by atoms with Gasteiger partial charge in [0.1, 0.15) is 0 Å². The minimum absolute atomic E-state index is 0.0456. The molecule has 104 valence electrons. The number of carboxylic acids is 1. The molecule has 1 aliphatic heterocycles. The Morgan fingerprint density at radius 1 is 1.56 bits per heavy atom. The van der Waals surface area contributed by atoms with Gasteiger partial charge >= 0.3 is 12.0 Å². The fourth-order valence-corrected chi connectivity index (χ4v) is 1.97. The van der Waals surface area contributed by atoms with Crippen LogP contribution in [0.3, 0.4) is 0 Å². The summed E-state index contributed by atoms with van der Waals surface area (Å²) in [5.41, 5.74) is 0. The van der Waals surface area contributed by atoms with Crippen molar-refractivity contribution in [2.24, 2.45) is 0 Å². The van der Waals surface area contributed by atoms with Crippen molar-refractivity contribution in [3.05, 3.63) is 0 Å². The van der Waals surface area contributed by atoms with Crippen LogP contribution in [0.4, 0.5) is 4.79 Å². The molecule has 6 nitrogen and oxygen atoms in total. The first kappa shape index (κ1) is 14.8. The number of hydrogen-bond donors (Lipinski definition) is 2. The Kier molecular flexibility index (Phi) is 5.91. The number of carbonyl (C=O) groups is 2. The second kappa shape index (κ2) is 7.20. The maximum Gasteiger partial charge on any atom is 0.317 e. The van der Waals surface area contributed by atoms with Crippen LogP contribution >= 0.6 is 0 Å². The van der Waals surface area contributed by atoms with Crippen LogP contribution in [0, 0.1) is 0 Å². The summed E-state index contributed by atoms with van der Waals surface area (Å²) in [6.45, 7) is 3.17. The molecule has 1 heterocycles. The van der Waals surface area contributed by atoms with Crippen LogP contribution in [0.15, 0.2) is 0 Å². The molecule has 18 heavy (non-hydrogen) atoms. The minimum atomic E-state index is -0.899. The van der Waals surface area contributed by atoms with Crippen molar-refractivity contribution in [1.29, 1.82) is 0 Å². The number of amides is 2. The number of nitrogens with zero attached hydrogens (tertiary/aromatic N) is 1. The fourth-order valence-electron chi connectivity index (χ4n) is 1.97. The highest BCUT2D eigenvalue weighted by molar-refractivity contribution is 5.75. The van der Waals surface area contributed by atoms with Gasteiger partial charge in [-0.05, 0) is 19.3 Å². The second-order valence-electron chi connectivity index (χ2n) is 4.67. The van der Waals surface area contributed by atoms with E-state index in [4.69, 9.17) is 9.84 Å². The van der Waals surface area contributed by atoms with Gasteiger partial charge in [0.15, 0.2) is 0 Å². The molecule has 6 heteroatoms. The van der Waals surface area contributed by atoms with Gasteiger partial charge in [0.25, 0.3) is 0 Å². The Hall–Kier alpha value is -1.30. The molecule has 2 amide bonds. The summed E-state index contributed by atoms with van der Waals surface area (Å²) in [4.78, 5) is 24.0. The third-order valence-electron chi connectivity index (χ3n) is 3.09. The molecule has 0 radical (unpaired) electrons. The quantitative estimate of drug-likeness (QED) is 0.746. The van der Waals surface area contributed by atoms with E-state index in [1.54, 1.807) is 11.9 Å². The lowest BCUT2D eigenvalue weighted by molar-refractivity contribution is -0.137. The van der Waals surface area contributed by atoms with Crippen molar-refractivity contribution in [3.63, 3.8) is 0 Å². The molecule has 0 aromatic heterocycles. The molecular weight excluding hydrogens is 236 g/mol. The average molecular weight is 258 g/mol. The lowest BCUT2D eigenvalue weighted by Crippen LogP contribution is -2.45. The van der Waals surface area contributed by atoms with Crippen LogP contribution in [-0.4, -0.2) is 54.4 Å². The summed E-state index contributed by atoms with van der Waals surface area (Å²) >= 11 is 0. The largest absolute Gasteiger partial charge is 0.481 e. The number of carboxylic acid groups (broad SMARTS) is 1. The summed E-state index contributed by atoms with van der Waals surface area (Å²) in [7, 11) is 1.70. The first-order valence-corrected chi connectivity index (χ1v) is 6.38. The predicted molar refractivity (Wildman–Crippen MR) is 66.5 cm³/mol. The van der Waals surface area contributed by atoms with Crippen LogP contribution < -0.4 is 5.32 Å². The Bertz CT molecular complexity index is 290. The highest BCUT2D eigenvalue weighted by atomic mass is 16.5. The zero-order valence-electron chi connectivity index (χ0n) is 11.0. The van der Waals surface area contributed by atoms with Crippen molar-refractivity contribution in [2.45, 2.75) is 44.8 Å². The molecule has 0 saturated carbocycles. The molecular formula is C12H22N2O4. The predicted octanol–water partition coefficient (Wildman–Crippen LogP) is 1.06. The Morgan fingerprint density at radius 2 is 2.28 bits per heavy atom. The van der Waals surface area contributed by atoms with E-state index in [1.807, 2.05) is 6.92 Å². The third-order valence-corrected chi connectivity index (χ3v) is 3.09. The smallest absolute Gasteiger partial charge is 0.317 e. The van der Waals surface area contributed by atoms with Gasteiger partial charge in [-0.3, -0.25) is 4.79 Å². The SMILES string of the molecule is CCC(CC(=O)O)NC(=O)N(C)CC1CCCO1. The molecule has 0 aromatic carbocycles. The summed E-state index contributed by atoms with van der Waals surface area (Å²) in [6, 6.07) is -0.555. The first-order chi connectivity index (χ1) is 8.52. The van der Waals surface area contributed by atoms with Gasteiger partial charge in [0.2, 0.25) is 0 Å². The highest BCUT2D eigenvalue weighted by Crippen LogP contribution is 2.12. The highest BCUT2D eigenvalue weighted by Gasteiger charge is 2.21. The van der Waals surface area contributed by atoms with Crippen LogP contribution in [0.5, 0.6) is 0 Å². The van der Waals surface area contributed by atoms with Crippen molar-refractivity contribution in [2.75, 3.05) is 20.2 Å². The number of hydrogen-bond acceptors (Lipinski definition) is 3. The van der Waals surface area contributed by atoms with Crippen LogP contribution in [0.25, 0.3) is 0 Å². The van der Waals surface area contributed by atoms with Crippen molar-refractivity contribution >= 4 is 12.0 Å². The van der Waals surface area contributed by atoms with Crippen molar-refractivity contribution < 1.29 is 19.4 Å². The molecule has 1 saturated heterocycles. The number of carbonyl (C=O) groups excluding carboxylic acids is 1. The van der Waals surface area contributed by atoms with E-state index in [9.17, 15) is 9.59 Å². The summed E-state index contributed by atoms with van der Waals surface area (Å²) in [6.07, 6.45) is 2.68. The van der Waals surface area contributed by atoms with E-state index in [0.29, 0.717) is 13.0 Å². The Balaban J connectivity index is 2.34. The minimum Gasteiger partial charge on any atom is -0.481 e. The van der Waals surface area contributed by atoms with Gasteiger partial charge < -0.3 is 20.1 Å². The van der Waals surface area contributed by atoms with Crippen LogP contribution in [0.2, 0.25) is 0 Å². The average Bonchev–Trinajstić information content (AvgIpc) is 2.80. The van der Waals surface area contributed by atoms with E-state index in [-0.39, 0.29) is 24.6 Å². The molecule has 1 rings (SSSR count). The molecule has 2 unspecified atom stereocenters. The molecule has 0 aromatic rings. The van der Waals surface area contributed by atoms with E-state index in [2.05, 4.69) is 5.32 Å². The number of likely N-dealkylation sites (N-methyl/N-ethyl adjacent to an activating group) is 1. The van der Waals surface area contributed by atoms with E-state index < -0.39 is 5.97 Å². The number of nitrogens with one attached hydrogen (secondary N) is 1. The van der Waals surface area contributed by atoms with Crippen LogP contribution in [-0.2, 0) is 9.53 Å². The van der Waals surface area contributed by atoms with Gasteiger partial charge in [0.05, 0.1) is 12.5 Å². The first-order valence-electron chi connectivity index (χ1n) is 6.38. The number of rotatable bonds is 6. The second-order valence-corrected chi connectivity index (χ2v) is 4.67. The molecule has 2 atom stereocenters. The summed E-state index contributed by atoms with van der Waals surface area (Å²) in [5, 5.41) is 11.4. The van der Waals surface area contributed by atoms with Crippen molar-refractivity contribution in [3.8, 4) is 0 Å². The number of aliphatic carboxylic acids is 1. The molecule has 1 aliphatic rings. The van der Waals surface area contributed by atoms with Gasteiger partial charge in [-0.1, -0.05) is 6.92 Å². The van der Waals surface area contributed by atoms with Gasteiger partial charge in [-0.15, -0.1) is 0 Å². The van der Waals surface area contributed by atoms with Gasteiger partial charge in [0, 0.05) is 26.2 Å². The van der Waals surface area contributed by atoms with E-state index >= 15 is 0 Å². The summed E-state index contributed by atoms with van der Waals surface area (Å²) in [5.74, 6) is -0.899. The molecule has 2 N–H and O–H groups in total. The van der Waals surface area contributed by atoms with Crippen molar-refractivity contribution in [1.82, 2.24) is 10.2 Å². The summed E-state index contributed by atoms with van der Waals surface area (Å²) < 4.78 is 5.45. The fraction of sp³-hybridized carbons (Fsp3) is 0.833. The Labute approximate surface area is 107 Å². The molecule has 0 bridgehead atoms. The molecule has 0 aliphatic carbocycles. The van der Waals surface area contributed by atoms with E-state index in [1.165, 1.54) is 0 Å². The molecule has 1 fully saturated rings. The lowest BCUT2D eigenvalue weighted by Gasteiger charge is -2.24. The zero-order chi connectivity index (χ0) is 13.5. The normalized spacial score (nSPS) is 20.4. The number of ether oxygens (including phenoxy) is 1. The zero-order valence-corrected chi connectivity index (χ0v) is 11.0. The maximum absolute atomic E-state index is 11.8. The molecule has 0 spiro atoms. The Morgan fingerprint density at radius 3 is 2.78 bits per heavy atom. The number of urea groups is 1. The van der Waals surface area contributed by atoms with E-state index in [0.717, 1.165) is 19.4 Å². The third kappa shape index (κ3) is 4.91. The van der Waals surface area contributed by atoms with Gasteiger partial charge in [-0.2, -0.15) is 0 Å². The van der Waals surface area contributed by atoms with Crippen LogP contribution in [0.1, 0.15) is 32.6 Å². The maximum atomic E-state index is 11.8. The lowest BCUT2D eigenvalue weighted by atomic mass is 10.1. The topological polar surface area (TPSA) is 78.9 Å².